The molecule has 2 aromatic rings. The van der Waals surface area contributed by atoms with Crippen molar-refractivity contribution in [1.82, 2.24) is 5.32 Å². The molecule has 2 aromatic heterocycles. The van der Waals surface area contributed by atoms with Crippen LogP contribution >= 0.6 is 22.7 Å². The average molecular weight is 235 g/mol. The van der Waals surface area contributed by atoms with E-state index >= 15 is 0 Å². The summed E-state index contributed by atoms with van der Waals surface area (Å²) in [4.78, 5) is 2.91. The van der Waals surface area contributed by atoms with E-state index in [-0.39, 0.29) is 0 Å². The van der Waals surface area contributed by atoms with Crippen LogP contribution < -0.4 is 5.32 Å². The lowest BCUT2D eigenvalue weighted by Gasteiger charge is -2.23. The molecule has 15 heavy (non-hydrogen) atoms. The minimum Gasteiger partial charge on any atom is -0.305 e. The van der Waals surface area contributed by atoms with Crippen molar-refractivity contribution in [2.45, 2.75) is 19.4 Å². The fraction of sp³-hybridized carbons (Fsp3) is 0.333. The molecule has 0 amide bonds. The van der Waals surface area contributed by atoms with Crippen LogP contribution in [0.3, 0.4) is 0 Å². The normalized spacial score (nSPS) is 20.2. The smallest absolute Gasteiger partial charge is 0.0682 e. The van der Waals surface area contributed by atoms with E-state index in [9.17, 15) is 0 Å². The van der Waals surface area contributed by atoms with E-state index in [0.717, 1.165) is 6.54 Å². The summed E-state index contributed by atoms with van der Waals surface area (Å²) in [6.45, 7) is 3.27. The molecule has 0 fully saturated rings. The number of hydrogen-bond acceptors (Lipinski definition) is 3. The van der Waals surface area contributed by atoms with Crippen LogP contribution in [0.1, 0.15) is 26.9 Å². The van der Waals surface area contributed by atoms with Gasteiger partial charge in [-0.2, -0.15) is 0 Å². The molecule has 1 unspecified atom stereocenters. The summed E-state index contributed by atoms with van der Waals surface area (Å²) in [5.74, 6) is 0. The van der Waals surface area contributed by atoms with Crippen molar-refractivity contribution in [2.24, 2.45) is 0 Å². The van der Waals surface area contributed by atoms with E-state index in [1.54, 1.807) is 0 Å². The van der Waals surface area contributed by atoms with Gasteiger partial charge in [-0.05, 0) is 47.4 Å². The molecule has 3 heterocycles. The Morgan fingerprint density at radius 1 is 1.40 bits per heavy atom. The van der Waals surface area contributed by atoms with Crippen LogP contribution in [0.25, 0.3) is 0 Å². The van der Waals surface area contributed by atoms with E-state index in [0.29, 0.717) is 6.04 Å². The average Bonchev–Trinajstić information content (AvgIpc) is 2.84. The summed E-state index contributed by atoms with van der Waals surface area (Å²) < 4.78 is 0. The third kappa shape index (κ3) is 1.65. The van der Waals surface area contributed by atoms with E-state index in [4.69, 9.17) is 0 Å². The molecular formula is C12H13NS2. The second kappa shape index (κ2) is 3.74. The van der Waals surface area contributed by atoms with Gasteiger partial charge in [-0.15, -0.1) is 22.7 Å². The lowest BCUT2D eigenvalue weighted by Crippen LogP contribution is -2.28. The predicted octanol–water partition coefficient (Wildman–Crippen LogP) is 3.35. The monoisotopic (exact) mass is 235 g/mol. The molecule has 0 aromatic carbocycles. The second-order valence-corrected chi connectivity index (χ2v) is 6.00. The van der Waals surface area contributed by atoms with Crippen LogP contribution in [0.4, 0.5) is 0 Å². The molecule has 3 rings (SSSR count). The molecule has 78 valence electrons. The molecule has 0 spiro atoms. The minimum atomic E-state index is 0.443. The SMILES string of the molecule is Cc1cc(C2NCCc3ccsc32)cs1. The van der Waals surface area contributed by atoms with Crippen LogP contribution in [-0.4, -0.2) is 6.54 Å². The van der Waals surface area contributed by atoms with Gasteiger partial charge < -0.3 is 5.32 Å². The van der Waals surface area contributed by atoms with Crippen LogP contribution in [0.5, 0.6) is 0 Å². The summed E-state index contributed by atoms with van der Waals surface area (Å²) in [7, 11) is 0. The predicted molar refractivity (Wildman–Crippen MR) is 66.9 cm³/mol. The Morgan fingerprint density at radius 3 is 3.13 bits per heavy atom. The van der Waals surface area contributed by atoms with Crippen LogP contribution in [-0.2, 0) is 6.42 Å². The zero-order chi connectivity index (χ0) is 10.3. The van der Waals surface area contributed by atoms with Gasteiger partial charge in [0.25, 0.3) is 0 Å². The Hall–Kier alpha value is -0.640. The highest BCUT2D eigenvalue weighted by atomic mass is 32.1. The van der Waals surface area contributed by atoms with E-state index in [1.807, 2.05) is 22.7 Å². The molecule has 0 saturated carbocycles. The molecule has 1 atom stereocenters. The molecule has 1 nitrogen and oxygen atoms in total. The van der Waals surface area contributed by atoms with Gasteiger partial charge in [0.05, 0.1) is 6.04 Å². The van der Waals surface area contributed by atoms with Crippen LogP contribution in [0.2, 0.25) is 0 Å². The Labute approximate surface area is 97.8 Å². The number of thiophene rings is 2. The number of aryl methyl sites for hydroxylation is 1. The number of hydrogen-bond donors (Lipinski definition) is 1. The van der Waals surface area contributed by atoms with Crippen LogP contribution in [0.15, 0.2) is 22.9 Å². The first-order valence-electron chi connectivity index (χ1n) is 5.19. The molecular weight excluding hydrogens is 222 g/mol. The van der Waals surface area contributed by atoms with Crippen molar-refractivity contribution in [3.8, 4) is 0 Å². The van der Waals surface area contributed by atoms with Gasteiger partial charge in [-0.1, -0.05) is 0 Å². The van der Waals surface area contributed by atoms with Gasteiger partial charge in [0.1, 0.15) is 0 Å². The topological polar surface area (TPSA) is 12.0 Å². The van der Waals surface area contributed by atoms with Gasteiger partial charge in [-0.25, -0.2) is 0 Å². The van der Waals surface area contributed by atoms with Crippen molar-refractivity contribution in [2.75, 3.05) is 6.54 Å². The zero-order valence-corrected chi connectivity index (χ0v) is 10.3. The summed E-state index contributed by atoms with van der Waals surface area (Å²) in [6, 6.07) is 5.02. The first kappa shape index (κ1) is 9.58. The maximum absolute atomic E-state index is 3.61. The van der Waals surface area contributed by atoms with Crippen molar-refractivity contribution < 1.29 is 0 Å². The third-order valence-electron chi connectivity index (χ3n) is 2.87. The lowest BCUT2D eigenvalue weighted by molar-refractivity contribution is 0.579. The quantitative estimate of drug-likeness (QED) is 0.799. The first-order chi connectivity index (χ1) is 7.34. The van der Waals surface area contributed by atoms with Gasteiger partial charge in [0.2, 0.25) is 0 Å². The summed E-state index contributed by atoms with van der Waals surface area (Å²) in [5, 5.41) is 8.10. The highest BCUT2D eigenvalue weighted by Gasteiger charge is 2.22. The Morgan fingerprint density at radius 2 is 2.33 bits per heavy atom. The van der Waals surface area contributed by atoms with Gasteiger partial charge >= 0.3 is 0 Å². The number of fused-ring (bicyclic) bond motifs is 1. The second-order valence-electron chi connectivity index (χ2n) is 3.94. The van der Waals surface area contributed by atoms with Crippen LogP contribution in [0, 0.1) is 6.92 Å². The van der Waals surface area contributed by atoms with Gasteiger partial charge in [-0.3, -0.25) is 0 Å². The Balaban J connectivity index is 2.02. The number of nitrogens with one attached hydrogen (secondary N) is 1. The highest BCUT2D eigenvalue weighted by Crippen LogP contribution is 2.34. The molecule has 1 aliphatic rings. The molecule has 3 heteroatoms. The van der Waals surface area contributed by atoms with Gasteiger partial charge in [0.15, 0.2) is 0 Å². The minimum absolute atomic E-state index is 0.443. The maximum Gasteiger partial charge on any atom is 0.0682 e. The lowest BCUT2D eigenvalue weighted by atomic mass is 10.00. The van der Waals surface area contributed by atoms with E-state index < -0.39 is 0 Å². The third-order valence-corrected chi connectivity index (χ3v) is 4.77. The summed E-state index contributed by atoms with van der Waals surface area (Å²) >= 11 is 3.72. The van der Waals surface area contributed by atoms with Crippen molar-refractivity contribution in [3.63, 3.8) is 0 Å². The highest BCUT2D eigenvalue weighted by molar-refractivity contribution is 7.10. The van der Waals surface area contributed by atoms with E-state index in [1.165, 1.54) is 27.3 Å². The molecule has 0 radical (unpaired) electrons. The van der Waals surface area contributed by atoms with Crippen molar-refractivity contribution >= 4 is 22.7 Å². The Kier molecular flexibility index (Phi) is 2.39. The molecule has 0 bridgehead atoms. The number of rotatable bonds is 1. The molecule has 0 saturated heterocycles. The maximum atomic E-state index is 3.61. The van der Waals surface area contributed by atoms with E-state index in [2.05, 4.69) is 35.1 Å². The first-order valence-corrected chi connectivity index (χ1v) is 6.95. The van der Waals surface area contributed by atoms with Crippen molar-refractivity contribution in [3.05, 3.63) is 43.8 Å². The molecule has 1 N–H and O–H groups in total. The van der Waals surface area contributed by atoms with Gasteiger partial charge in [0, 0.05) is 16.3 Å². The largest absolute Gasteiger partial charge is 0.305 e. The molecule has 0 aliphatic carbocycles. The summed E-state index contributed by atoms with van der Waals surface area (Å²) in [5.41, 5.74) is 2.97. The van der Waals surface area contributed by atoms with Crippen molar-refractivity contribution in [1.29, 1.82) is 0 Å². The fourth-order valence-electron chi connectivity index (χ4n) is 2.14. The standard InChI is InChI=1S/C12H13NS2/c1-8-6-10(7-15-8)11-12-9(2-4-13-11)3-5-14-12/h3,5-7,11,13H,2,4H2,1H3. The Bertz CT molecular complexity index is 469. The molecule has 1 aliphatic heterocycles. The fourth-order valence-corrected chi connectivity index (χ4v) is 3.92. The zero-order valence-electron chi connectivity index (χ0n) is 8.62. The summed E-state index contributed by atoms with van der Waals surface area (Å²) in [6.07, 6.45) is 1.18.